The number of H-pyrrole nitrogens is 1. The number of unbranched alkanes of at least 4 members (excludes halogenated alkanes) is 1. The van der Waals surface area contributed by atoms with Gasteiger partial charge in [0.25, 0.3) is 5.56 Å². The fourth-order valence-corrected chi connectivity index (χ4v) is 3.72. The molecular formula is C23H29N4O2S+. The third kappa shape index (κ3) is 5.43. The molecule has 0 saturated heterocycles. The highest BCUT2D eigenvalue weighted by Crippen LogP contribution is 2.12. The van der Waals surface area contributed by atoms with Crippen molar-refractivity contribution >= 4 is 29.0 Å². The minimum atomic E-state index is -0.158. The molecule has 3 N–H and O–H groups in total. The van der Waals surface area contributed by atoms with E-state index >= 15 is 0 Å². The van der Waals surface area contributed by atoms with Crippen LogP contribution in [0, 0.1) is 4.77 Å². The Morgan fingerprint density at radius 1 is 1.13 bits per heavy atom. The van der Waals surface area contributed by atoms with Gasteiger partial charge in [0.05, 0.1) is 49.7 Å². The summed E-state index contributed by atoms with van der Waals surface area (Å²) in [5, 5.41) is 3.57. The molecule has 0 bridgehead atoms. The number of carbonyl (C=O) groups is 1. The molecule has 30 heavy (non-hydrogen) atoms. The monoisotopic (exact) mass is 425 g/mol. The average molecular weight is 426 g/mol. The molecule has 2 aromatic carbocycles. The molecule has 0 aliphatic carbocycles. The molecule has 1 aromatic heterocycles. The summed E-state index contributed by atoms with van der Waals surface area (Å²) in [6.07, 6.45) is 2.71. The molecule has 1 atom stereocenters. The number of fused-ring (bicyclic) bond motifs is 1. The Morgan fingerprint density at radius 2 is 1.87 bits per heavy atom. The lowest BCUT2D eigenvalue weighted by Crippen LogP contribution is -3.09. The van der Waals surface area contributed by atoms with Crippen LogP contribution in [0.25, 0.3) is 16.6 Å². The van der Waals surface area contributed by atoms with Crippen LogP contribution >= 0.6 is 12.2 Å². The van der Waals surface area contributed by atoms with Gasteiger partial charge in [0.15, 0.2) is 4.77 Å². The molecule has 6 nitrogen and oxygen atoms in total. The van der Waals surface area contributed by atoms with Crippen LogP contribution in [0.5, 0.6) is 0 Å². The number of benzene rings is 2. The van der Waals surface area contributed by atoms with Gasteiger partial charge in [-0.1, -0.05) is 37.6 Å². The SMILES string of the molecule is CCCC[NH+](C)CCNC(=O)Cc1ccc(-n2c(=S)[nH]c3ccccc3c2=O)cc1. The zero-order valence-electron chi connectivity index (χ0n) is 17.5. The van der Waals surface area contributed by atoms with Crippen molar-refractivity contribution in [2.45, 2.75) is 26.2 Å². The summed E-state index contributed by atoms with van der Waals surface area (Å²) in [5.41, 5.74) is 2.14. The van der Waals surface area contributed by atoms with Crippen molar-refractivity contribution in [3.8, 4) is 5.69 Å². The Bertz CT molecular complexity index is 1120. The molecule has 0 radical (unpaired) electrons. The number of quaternary nitrogens is 1. The zero-order chi connectivity index (χ0) is 21.5. The van der Waals surface area contributed by atoms with E-state index in [0.717, 1.165) is 24.2 Å². The van der Waals surface area contributed by atoms with Crippen LogP contribution in [-0.4, -0.2) is 42.1 Å². The molecule has 0 spiro atoms. The largest absolute Gasteiger partial charge is 0.350 e. The first kappa shape index (κ1) is 21.9. The first-order valence-electron chi connectivity index (χ1n) is 10.4. The lowest BCUT2D eigenvalue weighted by Gasteiger charge is -2.14. The Balaban J connectivity index is 1.65. The van der Waals surface area contributed by atoms with Gasteiger partial charge >= 0.3 is 0 Å². The normalized spacial score (nSPS) is 12.1. The fourth-order valence-electron chi connectivity index (χ4n) is 3.43. The molecule has 3 aromatic rings. The van der Waals surface area contributed by atoms with E-state index in [0.29, 0.717) is 28.8 Å². The third-order valence-corrected chi connectivity index (χ3v) is 5.48. The van der Waals surface area contributed by atoms with Gasteiger partial charge in [0.1, 0.15) is 0 Å². The molecule has 3 rings (SSSR count). The predicted octanol–water partition coefficient (Wildman–Crippen LogP) is 2.02. The van der Waals surface area contributed by atoms with Crippen molar-refractivity contribution in [3.63, 3.8) is 0 Å². The van der Waals surface area contributed by atoms with Crippen molar-refractivity contribution in [1.29, 1.82) is 0 Å². The number of rotatable bonds is 9. The van der Waals surface area contributed by atoms with Crippen molar-refractivity contribution < 1.29 is 9.69 Å². The second kappa shape index (κ2) is 10.3. The first-order valence-corrected chi connectivity index (χ1v) is 10.8. The average Bonchev–Trinajstić information content (AvgIpc) is 2.73. The van der Waals surface area contributed by atoms with Crippen molar-refractivity contribution in [2.75, 3.05) is 26.7 Å². The Labute approximate surface area is 181 Å². The molecular weight excluding hydrogens is 396 g/mol. The summed E-state index contributed by atoms with van der Waals surface area (Å²) in [4.78, 5) is 29.6. The van der Waals surface area contributed by atoms with Crippen molar-refractivity contribution in [3.05, 3.63) is 69.2 Å². The Morgan fingerprint density at radius 3 is 2.60 bits per heavy atom. The summed E-state index contributed by atoms with van der Waals surface area (Å²) < 4.78 is 1.83. The summed E-state index contributed by atoms with van der Waals surface area (Å²) >= 11 is 5.39. The van der Waals surface area contributed by atoms with Gasteiger partial charge in [-0.15, -0.1) is 0 Å². The van der Waals surface area contributed by atoms with Crippen LogP contribution < -0.4 is 15.8 Å². The molecule has 0 aliphatic heterocycles. The maximum absolute atomic E-state index is 12.9. The molecule has 0 fully saturated rings. The van der Waals surface area contributed by atoms with E-state index in [1.165, 1.54) is 22.3 Å². The number of para-hydroxylation sites is 1. The number of nitrogens with one attached hydrogen (secondary N) is 3. The number of aromatic nitrogens is 2. The molecule has 0 saturated carbocycles. The van der Waals surface area contributed by atoms with Crippen molar-refractivity contribution in [2.24, 2.45) is 0 Å². The molecule has 7 heteroatoms. The van der Waals surface area contributed by atoms with Gasteiger partial charge in [0, 0.05) is 0 Å². The topological polar surface area (TPSA) is 71.3 Å². The summed E-state index contributed by atoms with van der Waals surface area (Å²) in [6, 6.07) is 14.7. The number of amides is 1. The second-order valence-electron chi connectivity index (χ2n) is 7.62. The summed E-state index contributed by atoms with van der Waals surface area (Å²) in [7, 11) is 2.15. The molecule has 1 unspecified atom stereocenters. The zero-order valence-corrected chi connectivity index (χ0v) is 18.3. The van der Waals surface area contributed by atoms with Crippen LogP contribution in [0.2, 0.25) is 0 Å². The van der Waals surface area contributed by atoms with Gasteiger partial charge in [-0.3, -0.25) is 14.2 Å². The lowest BCUT2D eigenvalue weighted by molar-refractivity contribution is -0.878. The predicted molar refractivity (Wildman–Crippen MR) is 123 cm³/mol. The second-order valence-corrected chi connectivity index (χ2v) is 8.01. The van der Waals surface area contributed by atoms with Crippen LogP contribution in [0.4, 0.5) is 0 Å². The number of hydrogen-bond donors (Lipinski definition) is 3. The van der Waals surface area contributed by atoms with E-state index in [1.54, 1.807) is 6.07 Å². The van der Waals surface area contributed by atoms with E-state index < -0.39 is 0 Å². The Hall–Kier alpha value is -2.77. The smallest absolute Gasteiger partial charge is 0.266 e. The van der Waals surface area contributed by atoms with E-state index in [-0.39, 0.29) is 11.5 Å². The number of carbonyl (C=O) groups excluding carboxylic acids is 1. The number of hydrogen-bond acceptors (Lipinski definition) is 3. The van der Waals surface area contributed by atoms with E-state index in [2.05, 4.69) is 24.3 Å². The van der Waals surface area contributed by atoms with Gasteiger partial charge in [0.2, 0.25) is 5.91 Å². The van der Waals surface area contributed by atoms with E-state index in [4.69, 9.17) is 12.2 Å². The fraction of sp³-hybridized carbons (Fsp3) is 0.348. The minimum Gasteiger partial charge on any atom is -0.350 e. The number of nitrogens with zero attached hydrogens (tertiary/aromatic N) is 1. The highest BCUT2D eigenvalue weighted by atomic mass is 32.1. The van der Waals surface area contributed by atoms with Gasteiger partial charge in [-0.2, -0.15) is 0 Å². The molecule has 1 amide bonds. The van der Waals surface area contributed by atoms with E-state index in [9.17, 15) is 9.59 Å². The van der Waals surface area contributed by atoms with Crippen molar-refractivity contribution in [1.82, 2.24) is 14.9 Å². The standard InChI is InChI=1S/C23H28N4O2S/c1-3-4-14-26(2)15-13-24-21(28)16-17-9-11-18(12-10-17)27-22(29)19-7-5-6-8-20(19)25-23(27)30/h5-12H,3-4,13-16H2,1-2H3,(H,24,28)(H,25,30)/p+1. The Kier molecular flexibility index (Phi) is 7.54. The van der Waals surface area contributed by atoms with Crippen LogP contribution in [-0.2, 0) is 11.2 Å². The number of likely N-dealkylation sites (N-methyl/N-ethyl adjacent to an activating group) is 1. The molecule has 1 heterocycles. The third-order valence-electron chi connectivity index (χ3n) is 5.20. The quantitative estimate of drug-likeness (QED) is 0.460. The van der Waals surface area contributed by atoms with Crippen LogP contribution in [0.1, 0.15) is 25.3 Å². The lowest BCUT2D eigenvalue weighted by atomic mass is 10.1. The molecule has 158 valence electrons. The summed E-state index contributed by atoms with van der Waals surface area (Å²) in [5.74, 6) is 0.00575. The maximum Gasteiger partial charge on any atom is 0.266 e. The van der Waals surface area contributed by atoms with Gasteiger partial charge < -0.3 is 15.2 Å². The van der Waals surface area contributed by atoms with Crippen LogP contribution in [0.3, 0.4) is 0 Å². The summed E-state index contributed by atoms with van der Waals surface area (Å²) in [6.45, 7) is 4.91. The highest BCUT2D eigenvalue weighted by Gasteiger charge is 2.09. The number of aromatic amines is 1. The minimum absolute atomic E-state index is 0.00575. The highest BCUT2D eigenvalue weighted by molar-refractivity contribution is 7.71. The maximum atomic E-state index is 12.9. The van der Waals surface area contributed by atoms with Crippen LogP contribution in [0.15, 0.2) is 53.3 Å². The molecule has 0 aliphatic rings. The first-order chi connectivity index (χ1) is 14.5. The van der Waals surface area contributed by atoms with Gasteiger partial charge in [-0.05, 0) is 48.5 Å². The van der Waals surface area contributed by atoms with E-state index in [1.807, 2.05) is 42.5 Å². The van der Waals surface area contributed by atoms with Gasteiger partial charge in [-0.25, -0.2) is 0 Å².